The van der Waals surface area contributed by atoms with Crippen LogP contribution in [-0.4, -0.2) is 29.2 Å². The number of hydrogen-bond acceptors (Lipinski definition) is 4. The van der Waals surface area contributed by atoms with E-state index in [9.17, 15) is 0 Å². The molecule has 0 saturated heterocycles. The van der Waals surface area contributed by atoms with Gasteiger partial charge >= 0.3 is 0 Å². The van der Waals surface area contributed by atoms with Gasteiger partial charge in [0.2, 0.25) is 5.28 Å². The van der Waals surface area contributed by atoms with Crippen LogP contribution in [0.15, 0.2) is 10.7 Å². The first kappa shape index (κ1) is 13.1. The van der Waals surface area contributed by atoms with E-state index in [1.54, 1.807) is 13.3 Å². The predicted octanol–water partition coefficient (Wildman–Crippen LogP) is 3.12. The van der Waals surface area contributed by atoms with Crippen molar-refractivity contribution in [2.75, 3.05) is 12.4 Å². The monoisotopic (exact) mass is 319 g/mol. The minimum Gasteiger partial charge on any atom is -0.381 e. The molecule has 1 saturated carbocycles. The van der Waals surface area contributed by atoms with E-state index in [1.807, 2.05) is 0 Å². The number of rotatable bonds is 3. The van der Waals surface area contributed by atoms with E-state index in [-0.39, 0.29) is 16.8 Å². The average Bonchev–Trinajstić information content (AvgIpc) is 2.28. The molecule has 1 heterocycles. The van der Waals surface area contributed by atoms with Gasteiger partial charge in [-0.15, -0.1) is 0 Å². The Bertz CT molecular complexity index is 427. The summed E-state index contributed by atoms with van der Waals surface area (Å²) >= 11 is 9.19. The minimum atomic E-state index is 0.0889. The number of hydrogen-bond donors (Lipinski definition) is 1. The summed E-state index contributed by atoms with van der Waals surface area (Å²) in [6.45, 7) is 4.36. The van der Waals surface area contributed by atoms with E-state index in [0.717, 1.165) is 16.7 Å². The Labute approximate surface area is 114 Å². The molecule has 0 aliphatic heterocycles. The van der Waals surface area contributed by atoms with Crippen LogP contribution in [0.5, 0.6) is 0 Å². The second-order valence-electron chi connectivity index (χ2n) is 4.81. The molecule has 1 aliphatic rings. The van der Waals surface area contributed by atoms with Crippen LogP contribution in [0.25, 0.3) is 0 Å². The van der Waals surface area contributed by atoms with Crippen LogP contribution in [0, 0.1) is 5.41 Å². The Balaban J connectivity index is 2.10. The predicted molar refractivity (Wildman–Crippen MR) is 71.3 cm³/mol. The quantitative estimate of drug-likeness (QED) is 0.869. The van der Waals surface area contributed by atoms with Crippen LogP contribution in [0.3, 0.4) is 0 Å². The highest BCUT2D eigenvalue weighted by Gasteiger charge is 2.48. The molecule has 1 fully saturated rings. The fourth-order valence-electron chi connectivity index (χ4n) is 2.14. The number of nitrogens with zero attached hydrogens (tertiary/aromatic N) is 2. The van der Waals surface area contributed by atoms with Crippen molar-refractivity contribution in [2.45, 2.75) is 32.4 Å². The van der Waals surface area contributed by atoms with E-state index in [2.05, 4.69) is 45.1 Å². The van der Waals surface area contributed by atoms with Crippen LogP contribution in [0.4, 0.5) is 5.82 Å². The maximum atomic E-state index is 5.78. The second kappa shape index (κ2) is 4.71. The molecule has 1 aromatic rings. The van der Waals surface area contributed by atoms with Gasteiger partial charge in [-0.3, -0.25) is 0 Å². The van der Waals surface area contributed by atoms with Gasteiger partial charge in [-0.25, -0.2) is 4.98 Å². The van der Waals surface area contributed by atoms with E-state index in [4.69, 9.17) is 16.3 Å². The van der Waals surface area contributed by atoms with Crippen molar-refractivity contribution in [1.82, 2.24) is 9.97 Å². The van der Waals surface area contributed by atoms with Crippen LogP contribution >= 0.6 is 27.5 Å². The zero-order valence-corrected chi connectivity index (χ0v) is 12.3. The smallest absolute Gasteiger partial charge is 0.224 e. The molecule has 94 valence electrons. The largest absolute Gasteiger partial charge is 0.381 e. The Kier molecular flexibility index (Phi) is 3.61. The highest BCUT2D eigenvalue weighted by atomic mass is 79.9. The molecule has 0 spiro atoms. The molecular weight excluding hydrogens is 305 g/mol. The molecule has 0 amide bonds. The lowest BCUT2D eigenvalue weighted by atomic mass is 9.64. The Hall–Kier alpha value is -0.390. The van der Waals surface area contributed by atoms with Crippen molar-refractivity contribution in [2.24, 2.45) is 5.41 Å². The fourth-order valence-corrected chi connectivity index (χ4v) is 2.58. The van der Waals surface area contributed by atoms with E-state index >= 15 is 0 Å². The van der Waals surface area contributed by atoms with Crippen molar-refractivity contribution in [3.05, 3.63) is 16.0 Å². The third kappa shape index (κ3) is 2.41. The van der Waals surface area contributed by atoms with Gasteiger partial charge < -0.3 is 10.1 Å². The number of anilines is 1. The lowest BCUT2D eigenvalue weighted by Crippen LogP contribution is -2.57. The molecule has 1 aromatic heterocycles. The molecular formula is C11H15BrClN3O. The maximum absolute atomic E-state index is 5.78. The van der Waals surface area contributed by atoms with Crippen LogP contribution < -0.4 is 5.32 Å². The zero-order chi connectivity index (χ0) is 12.6. The third-order valence-electron chi connectivity index (χ3n) is 3.49. The first-order chi connectivity index (χ1) is 7.95. The van der Waals surface area contributed by atoms with Gasteiger partial charge in [-0.05, 0) is 34.0 Å². The number of ether oxygens (including phenoxy) is 1. The van der Waals surface area contributed by atoms with E-state index in [0.29, 0.717) is 6.04 Å². The Morgan fingerprint density at radius 3 is 2.88 bits per heavy atom. The molecule has 2 rings (SSSR count). The third-order valence-corrected chi connectivity index (χ3v) is 4.25. The molecule has 1 aliphatic carbocycles. The number of aromatic nitrogens is 2. The lowest BCUT2D eigenvalue weighted by Gasteiger charge is -2.51. The van der Waals surface area contributed by atoms with Crippen molar-refractivity contribution in [1.29, 1.82) is 0 Å². The van der Waals surface area contributed by atoms with Gasteiger partial charge in [0.05, 0.1) is 10.6 Å². The lowest BCUT2D eigenvalue weighted by molar-refractivity contribution is -0.0795. The first-order valence-electron chi connectivity index (χ1n) is 5.42. The summed E-state index contributed by atoms with van der Waals surface area (Å²) in [6, 6.07) is 0.328. The molecule has 17 heavy (non-hydrogen) atoms. The summed E-state index contributed by atoms with van der Waals surface area (Å²) in [6.07, 6.45) is 2.91. The number of halogens is 2. The highest BCUT2D eigenvalue weighted by Crippen LogP contribution is 2.44. The number of methoxy groups -OCH3 is 1. The van der Waals surface area contributed by atoms with Gasteiger partial charge in [0.1, 0.15) is 5.82 Å². The van der Waals surface area contributed by atoms with E-state index in [1.165, 1.54) is 0 Å². The summed E-state index contributed by atoms with van der Waals surface area (Å²) in [5, 5.41) is 3.63. The summed E-state index contributed by atoms with van der Waals surface area (Å²) in [4.78, 5) is 8.07. The molecule has 4 nitrogen and oxygen atoms in total. The molecule has 2 atom stereocenters. The standard InChI is InChI=1S/C11H15BrClN3O/c1-11(2)7(4-8(11)17-3)15-9-6(12)5-14-10(13)16-9/h5,7-8H,4H2,1-3H3,(H,14,15,16). The first-order valence-corrected chi connectivity index (χ1v) is 6.59. The summed E-state index contributed by atoms with van der Waals surface area (Å²) in [5.74, 6) is 0.734. The van der Waals surface area contributed by atoms with Crippen molar-refractivity contribution >= 4 is 33.3 Å². The van der Waals surface area contributed by atoms with E-state index < -0.39 is 0 Å². The summed E-state index contributed by atoms with van der Waals surface area (Å²) in [5.41, 5.74) is 0.0889. The Morgan fingerprint density at radius 1 is 1.59 bits per heavy atom. The summed E-state index contributed by atoms with van der Waals surface area (Å²) in [7, 11) is 1.75. The second-order valence-corrected chi connectivity index (χ2v) is 6.01. The van der Waals surface area contributed by atoms with Crippen LogP contribution in [0.2, 0.25) is 5.28 Å². The van der Waals surface area contributed by atoms with Crippen molar-refractivity contribution < 1.29 is 4.74 Å². The molecule has 2 unspecified atom stereocenters. The SMILES string of the molecule is COC1CC(Nc2nc(Cl)ncc2Br)C1(C)C. The average molecular weight is 321 g/mol. The molecule has 0 radical (unpaired) electrons. The van der Waals surface area contributed by atoms with Crippen molar-refractivity contribution in [3.8, 4) is 0 Å². The normalized spacial score (nSPS) is 26.4. The Morgan fingerprint density at radius 2 is 2.29 bits per heavy atom. The maximum Gasteiger partial charge on any atom is 0.224 e. The molecule has 1 N–H and O–H groups in total. The zero-order valence-electron chi connectivity index (χ0n) is 10.00. The van der Waals surface area contributed by atoms with Gasteiger partial charge in [0.25, 0.3) is 0 Å². The van der Waals surface area contributed by atoms with Gasteiger partial charge in [0, 0.05) is 24.8 Å². The number of nitrogens with one attached hydrogen (secondary N) is 1. The minimum absolute atomic E-state index is 0.0889. The van der Waals surface area contributed by atoms with Gasteiger partial charge in [-0.2, -0.15) is 4.98 Å². The molecule has 0 bridgehead atoms. The van der Waals surface area contributed by atoms with Crippen LogP contribution in [0.1, 0.15) is 20.3 Å². The topological polar surface area (TPSA) is 47.0 Å². The molecule has 0 aromatic carbocycles. The van der Waals surface area contributed by atoms with Crippen molar-refractivity contribution in [3.63, 3.8) is 0 Å². The fraction of sp³-hybridized carbons (Fsp3) is 0.636. The summed E-state index contributed by atoms with van der Waals surface area (Å²) < 4.78 is 6.23. The van der Waals surface area contributed by atoms with Crippen LogP contribution in [-0.2, 0) is 4.74 Å². The van der Waals surface area contributed by atoms with Gasteiger partial charge in [0.15, 0.2) is 0 Å². The van der Waals surface area contributed by atoms with Gasteiger partial charge in [-0.1, -0.05) is 13.8 Å². The highest BCUT2D eigenvalue weighted by molar-refractivity contribution is 9.10. The molecule has 6 heteroatoms.